The summed E-state index contributed by atoms with van der Waals surface area (Å²) in [6.45, 7) is -1.03. The van der Waals surface area contributed by atoms with Crippen LogP contribution >= 0.6 is 0 Å². The summed E-state index contributed by atoms with van der Waals surface area (Å²) < 4.78 is 41.4. The molecule has 1 aromatic carbocycles. The number of benzene rings is 1. The summed E-state index contributed by atoms with van der Waals surface area (Å²) in [5, 5.41) is 10.9. The molecule has 1 heterocycles. The van der Waals surface area contributed by atoms with Gasteiger partial charge in [0.05, 0.1) is 11.9 Å². The van der Waals surface area contributed by atoms with E-state index in [0.717, 1.165) is 6.07 Å². The quantitative estimate of drug-likeness (QED) is 0.899. The lowest BCUT2D eigenvalue weighted by molar-refractivity contribution is -0.201. The van der Waals surface area contributed by atoms with Gasteiger partial charge in [-0.05, 0) is 12.1 Å². The molecule has 0 saturated heterocycles. The third kappa shape index (κ3) is 3.40. The molecule has 2 N–H and O–H groups in total. The average Bonchev–Trinajstić information content (AvgIpc) is 2.43. The number of para-hydroxylation sites is 1. The minimum Gasteiger partial charge on any atom is -0.451 e. The van der Waals surface area contributed by atoms with Gasteiger partial charge in [-0.15, -0.1) is 0 Å². The van der Waals surface area contributed by atoms with Crippen molar-refractivity contribution in [1.29, 1.82) is 0 Å². The highest BCUT2D eigenvalue weighted by molar-refractivity contribution is 5.93. The van der Waals surface area contributed by atoms with Crippen LogP contribution in [0.25, 0.3) is 11.0 Å². The predicted molar refractivity (Wildman–Crippen MR) is 66.9 cm³/mol. The Labute approximate surface area is 116 Å². The van der Waals surface area contributed by atoms with Gasteiger partial charge in [0.15, 0.2) is 17.3 Å². The summed E-state index contributed by atoms with van der Waals surface area (Å²) in [6, 6.07) is 7.03. The molecule has 0 aliphatic rings. The van der Waals surface area contributed by atoms with Gasteiger partial charge in [-0.25, -0.2) is 0 Å². The number of hydrogen-bond donors (Lipinski definition) is 2. The molecule has 1 aromatic heterocycles. The molecule has 0 saturated carbocycles. The molecule has 0 radical (unpaired) electrons. The Balaban J connectivity index is 2.19. The van der Waals surface area contributed by atoms with Crippen molar-refractivity contribution in [1.82, 2.24) is 5.32 Å². The van der Waals surface area contributed by atoms with Crippen LogP contribution in [0.2, 0.25) is 0 Å². The van der Waals surface area contributed by atoms with Gasteiger partial charge in [-0.1, -0.05) is 12.1 Å². The van der Waals surface area contributed by atoms with Crippen molar-refractivity contribution >= 4 is 16.9 Å². The van der Waals surface area contributed by atoms with Crippen LogP contribution in [0.1, 0.15) is 10.6 Å². The van der Waals surface area contributed by atoms with Gasteiger partial charge < -0.3 is 14.8 Å². The van der Waals surface area contributed by atoms with Crippen molar-refractivity contribution in [2.75, 3.05) is 6.54 Å². The average molecular weight is 301 g/mol. The lowest BCUT2D eigenvalue weighted by atomic mass is 10.2. The topological polar surface area (TPSA) is 79.5 Å². The number of aliphatic hydroxyl groups excluding tert-OH is 1. The second-order valence-electron chi connectivity index (χ2n) is 4.24. The van der Waals surface area contributed by atoms with Gasteiger partial charge in [-0.2, -0.15) is 13.2 Å². The first-order chi connectivity index (χ1) is 9.79. The van der Waals surface area contributed by atoms with Crippen molar-refractivity contribution < 1.29 is 27.5 Å². The van der Waals surface area contributed by atoms with E-state index >= 15 is 0 Å². The number of amides is 1. The number of alkyl halides is 3. The fourth-order valence-electron chi connectivity index (χ4n) is 1.61. The first kappa shape index (κ1) is 15.0. The molecular formula is C13H10F3NO4. The van der Waals surface area contributed by atoms with Gasteiger partial charge in [0, 0.05) is 6.07 Å². The highest BCUT2D eigenvalue weighted by Crippen LogP contribution is 2.19. The number of carbonyl (C=O) groups excluding carboxylic acids is 1. The zero-order valence-electron chi connectivity index (χ0n) is 10.5. The van der Waals surface area contributed by atoms with E-state index in [9.17, 15) is 22.8 Å². The molecule has 0 aliphatic heterocycles. The van der Waals surface area contributed by atoms with Crippen LogP contribution in [0.5, 0.6) is 0 Å². The van der Waals surface area contributed by atoms with Crippen molar-refractivity contribution in [3.8, 4) is 0 Å². The number of aliphatic hydroxyl groups is 1. The lowest BCUT2D eigenvalue weighted by Crippen LogP contribution is -2.40. The maximum atomic E-state index is 12.1. The largest absolute Gasteiger partial charge is 0.451 e. The summed E-state index contributed by atoms with van der Waals surface area (Å²) in [5.74, 6) is -1.44. The molecule has 21 heavy (non-hydrogen) atoms. The molecule has 8 heteroatoms. The number of nitrogens with one attached hydrogen (secondary N) is 1. The molecule has 5 nitrogen and oxygen atoms in total. The predicted octanol–water partition coefficient (Wildman–Crippen LogP) is 1.45. The Kier molecular flexibility index (Phi) is 3.99. The molecule has 112 valence electrons. The number of fused-ring (bicyclic) bond motifs is 1. The van der Waals surface area contributed by atoms with Crippen LogP contribution in [-0.4, -0.2) is 29.8 Å². The molecule has 2 rings (SSSR count). The molecule has 1 unspecified atom stereocenters. The maximum absolute atomic E-state index is 12.1. The Morgan fingerprint density at radius 3 is 2.67 bits per heavy atom. The second kappa shape index (κ2) is 5.57. The van der Waals surface area contributed by atoms with Gasteiger partial charge >= 0.3 is 6.18 Å². The summed E-state index contributed by atoms with van der Waals surface area (Å²) in [4.78, 5) is 23.4. The Bertz CT molecular complexity index is 723. The number of carbonyl (C=O) groups is 1. The van der Waals surface area contributed by atoms with Crippen molar-refractivity contribution in [2.24, 2.45) is 0 Å². The summed E-state index contributed by atoms with van der Waals surface area (Å²) in [5.41, 5.74) is -0.343. The molecule has 1 atom stereocenters. The van der Waals surface area contributed by atoms with E-state index in [1.807, 2.05) is 5.32 Å². The number of halogens is 3. The molecule has 0 bridgehead atoms. The normalized spacial score (nSPS) is 13.1. The van der Waals surface area contributed by atoms with Gasteiger partial charge in [0.25, 0.3) is 5.91 Å². The van der Waals surface area contributed by atoms with Crippen LogP contribution in [0, 0.1) is 0 Å². The monoisotopic (exact) mass is 301 g/mol. The zero-order chi connectivity index (χ0) is 15.6. The fraction of sp³-hybridized carbons (Fsp3) is 0.231. The first-order valence-electron chi connectivity index (χ1n) is 5.85. The summed E-state index contributed by atoms with van der Waals surface area (Å²) in [6.07, 6.45) is -7.52. The Morgan fingerprint density at radius 2 is 2.00 bits per heavy atom. The Hall–Kier alpha value is -2.35. The zero-order valence-corrected chi connectivity index (χ0v) is 10.5. The summed E-state index contributed by atoms with van der Waals surface area (Å²) >= 11 is 0. The first-order valence-corrected chi connectivity index (χ1v) is 5.85. The minimum absolute atomic E-state index is 0.145. The van der Waals surface area contributed by atoms with Crippen molar-refractivity contribution in [2.45, 2.75) is 12.3 Å². The van der Waals surface area contributed by atoms with E-state index in [4.69, 9.17) is 9.52 Å². The van der Waals surface area contributed by atoms with E-state index in [1.54, 1.807) is 12.1 Å². The Morgan fingerprint density at radius 1 is 1.33 bits per heavy atom. The standard InChI is InChI=1S/C13H10F3NO4/c14-13(15,16)11(19)6-17-12(20)10-5-8(18)7-3-1-2-4-9(7)21-10/h1-5,11,19H,6H2,(H,17,20). The fourth-order valence-corrected chi connectivity index (χ4v) is 1.61. The molecule has 0 fully saturated rings. The third-order valence-electron chi connectivity index (χ3n) is 2.69. The molecule has 1 amide bonds. The van der Waals surface area contributed by atoms with Gasteiger partial charge in [0.2, 0.25) is 0 Å². The van der Waals surface area contributed by atoms with E-state index in [-0.39, 0.29) is 11.0 Å². The van der Waals surface area contributed by atoms with Crippen molar-refractivity contribution in [3.63, 3.8) is 0 Å². The minimum atomic E-state index is -4.84. The van der Waals surface area contributed by atoms with E-state index in [1.165, 1.54) is 12.1 Å². The molecular weight excluding hydrogens is 291 g/mol. The van der Waals surface area contributed by atoms with E-state index in [0.29, 0.717) is 0 Å². The SMILES string of the molecule is O=C(NCC(O)C(F)(F)F)c1cc(=O)c2ccccc2o1. The highest BCUT2D eigenvalue weighted by Gasteiger charge is 2.38. The van der Waals surface area contributed by atoms with Gasteiger partial charge in [0.1, 0.15) is 5.58 Å². The van der Waals surface area contributed by atoms with Crippen LogP contribution in [0.4, 0.5) is 13.2 Å². The van der Waals surface area contributed by atoms with E-state index < -0.39 is 35.9 Å². The lowest BCUT2D eigenvalue weighted by Gasteiger charge is -2.14. The molecule has 0 aliphatic carbocycles. The molecule has 2 aromatic rings. The van der Waals surface area contributed by atoms with Crippen LogP contribution in [0.3, 0.4) is 0 Å². The van der Waals surface area contributed by atoms with Crippen molar-refractivity contribution in [3.05, 3.63) is 46.3 Å². The smallest absolute Gasteiger partial charge is 0.416 e. The van der Waals surface area contributed by atoms with E-state index in [2.05, 4.69) is 0 Å². The maximum Gasteiger partial charge on any atom is 0.416 e. The third-order valence-corrected chi connectivity index (χ3v) is 2.69. The summed E-state index contributed by atoms with van der Waals surface area (Å²) in [7, 11) is 0. The number of hydrogen-bond acceptors (Lipinski definition) is 4. The number of rotatable bonds is 3. The van der Waals surface area contributed by atoms with Gasteiger partial charge in [-0.3, -0.25) is 9.59 Å². The molecule has 0 spiro atoms. The van der Waals surface area contributed by atoms with Crippen LogP contribution < -0.4 is 10.7 Å². The highest BCUT2D eigenvalue weighted by atomic mass is 19.4. The second-order valence-corrected chi connectivity index (χ2v) is 4.24. The van der Waals surface area contributed by atoms with Crippen LogP contribution in [0.15, 0.2) is 39.5 Å². The van der Waals surface area contributed by atoms with Crippen LogP contribution in [-0.2, 0) is 0 Å².